The van der Waals surface area contributed by atoms with Gasteiger partial charge in [-0.15, -0.1) is 0 Å². The number of hydrogen-bond donors (Lipinski definition) is 2. The standard InChI is InChI=1S/C25H26N4O4/c1-17-8-7-9-18(2)24(17)27-23(30)16-28(3)25(31)20-12-13-21(22(14-20)29(32)33)26-15-19-10-5-4-6-11-19/h4-14,26H,15-16H2,1-3H3,(H,27,30). The lowest BCUT2D eigenvalue weighted by atomic mass is 10.1. The van der Waals surface area contributed by atoms with Gasteiger partial charge in [-0.2, -0.15) is 0 Å². The Bertz CT molecular complexity index is 1160. The Balaban J connectivity index is 1.69. The van der Waals surface area contributed by atoms with Gasteiger partial charge in [0, 0.05) is 30.9 Å². The topological polar surface area (TPSA) is 105 Å². The summed E-state index contributed by atoms with van der Waals surface area (Å²) in [4.78, 5) is 37.6. The molecule has 0 fully saturated rings. The molecule has 0 aliphatic rings. The van der Waals surface area contributed by atoms with Gasteiger partial charge in [-0.1, -0.05) is 48.5 Å². The fraction of sp³-hybridized carbons (Fsp3) is 0.200. The minimum atomic E-state index is -0.530. The van der Waals surface area contributed by atoms with Crippen molar-refractivity contribution in [2.45, 2.75) is 20.4 Å². The monoisotopic (exact) mass is 446 g/mol. The van der Waals surface area contributed by atoms with E-state index in [0.717, 1.165) is 16.7 Å². The van der Waals surface area contributed by atoms with Crippen LogP contribution in [0.25, 0.3) is 0 Å². The van der Waals surface area contributed by atoms with E-state index in [1.165, 1.54) is 30.1 Å². The molecule has 3 aromatic rings. The predicted molar refractivity (Wildman–Crippen MR) is 128 cm³/mol. The van der Waals surface area contributed by atoms with Crippen molar-refractivity contribution < 1.29 is 14.5 Å². The molecule has 2 amide bonds. The van der Waals surface area contributed by atoms with E-state index in [0.29, 0.717) is 17.9 Å². The van der Waals surface area contributed by atoms with Crippen LogP contribution in [-0.2, 0) is 11.3 Å². The van der Waals surface area contributed by atoms with Crippen LogP contribution in [0, 0.1) is 24.0 Å². The molecule has 0 saturated carbocycles. The van der Waals surface area contributed by atoms with Crippen LogP contribution in [0.15, 0.2) is 66.7 Å². The molecule has 2 N–H and O–H groups in total. The fourth-order valence-corrected chi connectivity index (χ4v) is 3.46. The number of aryl methyl sites for hydroxylation is 2. The van der Waals surface area contributed by atoms with Gasteiger partial charge in [0.2, 0.25) is 5.91 Å². The predicted octanol–water partition coefficient (Wildman–Crippen LogP) is 4.53. The number of nitrogens with zero attached hydrogens (tertiary/aromatic N) is 2. The fourth-order valence-electron chi connectivity index (χ4n) is 3.46. The van der Waals surface area contributed by atoms with Crippen molar-refractivity contribution in [3.63, 3.8) is 0 Å². The van der Waals surface area contributed by atoms with Crippen LogP contribution in [0.5, 0.6) is 0 Å². The molecule has 0 radical (unpaired) electrons. The van der Waals surface area contributed by atoms with Crippen molar-refractivity contribution >= 4 is 28.9 Å². The van der Waals surface area contributed by atoms with Crippen molar-refractivity contribution in [1.82, 2.24) is 4.90 Å². The Labute approximate surface area is 192 Å². The molecule has 0 spiro atoms. The number of nitrogens with one attached hydrogen (secondary N) is 2. The van der Waals surface area contributed by atoms with Crippen LogP contribution < -0.4 is 10.6 Å². The van der Waals surface area contributed by atoms with Crippen molar-refractivity contribution in [2.24, 2.45) is 0 Å². The Kier molecular flexibility index (Phi) is 7.40. The highest BCUT2D eigenvalue weighted by Gasteiger charge is 2.21. The molecule has 0 heterocycles. The van der Waals surface area contributed by atoms with Crippen LogP contribution >= 0.6 is 0 Å². The van der Waals surface area contributed by atoms with Gasteiger partial charge in [-0.3, -0.25) is 19.7 Å². The zero-order chi connectivity index (χ0) is 24.0. The smallest absolute Gasteiger partial charge is 0.293 e. The van der Waals surface area contributed by atoms with Gasteiger partial charge < -0.3 is 15.5 Å². The molecule has 3 rings (SSSR count). The molecule has 0 bridgehead atoms. The van der Waals surface area contributed by atoms with Crippen LogP contribution in [-0.4, -0.2) is 35.2 Å². The van der Waals surface area contributed by atoms with E-state index in [1.54, 1.807) is 0 Å². The number of nitro benzene ring substituents is 1. The number of nitro groups is 1. The number of carbonyl (C=O) groups is 2. The number of rotatable bonds is 8. The van der Waals surface area contributed by atoms with Crippen LogP contribution in [0.2, 0.25) is 0 Å². The Morgan fingerprint density at radius 2 is 1.64 bits per heavy atom. The minimum absolute atomic E-state index is 0.134. The lowest BCUT2D eigenvalue weighted by molar-refractivity contribution is -0.384. The van der Waals surface area contributed by atoms with Crippen molar-refractivity contribution in [2.75, 3.05) is 24.2 Å². The molecule has 0 aliphatic carbocycles. The molecular formula is C25H26N4O4. The summed E-state index contributed by atoms with van der Waals surface area (Å²) < 4.78 is 0. The number of anilines is 2. The summed E-state index contributed by atoms with van der Waals surface area (Å²) in [5.41, 5.74) is 3.78. The molecule has 3 aromatic carbocycles. The Morgan fingerprint density at radius 3 is 2.27 bits per heavy atom. The highest BCUT2D eigenvalue weighted by atomic mass is 16.6. The first kappa shape index (κ1) is 23.5. The van der Waals surface area contributed by atoms with Gasteiger partial charge >= 0.3 is 0 Å². The molecule has 170 valence electrons. The average Bonchev–Trinajstić information content (AvgIpc) is 2.80. The summed E-state index contributed by atoms with van der Waals surface area (Å²) >= 11 is 0. The maximum atomic E-state index is 12.8. The first-order chi connectivity index (χ1) is 15.8. The number of carbonyl (C=O) groups excluding carboxylic acids is 2. The van der Waals surface area contributed by atoms with Gasteiger partial charge in [0.1, 0.15) is 5.69 Å². The van der Waals surface area contributed by atoms with Crippen LogP contribution in [0.4, 0.5) is 17.1 Å². The first-order valence-electron chi connectivity index (χ1n) is 10.4. The molecular weight excluding hydrogens is 420 g/mol. The van der Waals surface area contributed by atoms with E-state index >= 15 is 0 Å². The molecule has 0 aromatic heterocycles. The normalized spacial score (nSPS) is 10.4. The van der Waals surface area contributed by atoms with E-state index in [1.807, 2.05) is 62.4 Å². The molecule has 0 atom stereocenters. The largest absolute Gasteiger partial charge is 0.375 e. The van der Waals surface area contributed by atoms with Gasteiger partial charge in [0.25, 0.3) is 11.6 Å². The quantitative estimate of drug-likeness (QED) is 0.391. The molecule has 0 unspecified atom stereocenters. The summed E-state index contributed by atoms with van der Waals surface area (Å²) in [5, 5.41) is 17.5. The van der Waals surface area contributed by atoms with E-state index in [9.17, 15) is 19.7 Å². The maximum Gasteiger partial charge on any atom is 0.293 e. The van der Waals surface area contributed by atoms with E-state index in [-0.39, 0.29) is 23.7 Å². The molecule has 0 aliphatic heterocycles. The second kappa shape index (κ2) is 10.4. The van der Waals surface area contributed by atoms with Crippen molar-refractivity contribution in [1.29, 1.82) is 0 Å². The van der Waals surface area contributed by atoms with Crippen molar-refractivity contribution in [3.05, 3.63) is 99.1 Å². The van der Waals surface area contributed by atoms with E-state index < -0.39 is 10.8 Å². The SMILES string of the molecule is Cc1cccc(C)c1NC(=O)CN(C)C(=O)c1ccc(NCc2ccccc2)c([N+](=O)[O-])c1. The van der Waals surface area contributed by atoms with Crippen LogP contribution in [0.1, 0.15) is 27.0 Å². The maximum absolute atomic E-state index is 12.8. The summed E-state index contributed by atoms with van der Waals surface area (Å²) in [5.74, 6) is -0.830. The highest BCUT2D eigenvalue weighted by molar-refractivity contribution is 6.00. The van der Waals surface area contributed by atoms with E-state index in [2.05, 4.69) is 10.6 Å². The highest BCUT2D eigenvalue weighted by Crippen LogP contribution is 2.27. The Hall–Kier alpha value is -4.20. The first-order valence-corrected chi connectivity index (χ1v) is 10.4. The number of hydrogen-bond acceptors (Lipinski definition) is 5. The molecule has 0 saturated heterocycles. The zero-order valence-corrected chi connectivity index (χ0v) is 18.8. The summed E-state index contributed by atoms with van der Waals surface area (Å²) in [6.07, 6.45) is 0. The number of benzene rings is 3. The van der Waals surface area contributed by atoms with Gasteiger partial charge in [0.05, 0.1) is 11.5 Å². The summed E-state index contributed by atoms with van der Waals surface area (Å²) in [6, 6.07) is 19.4. The Morgan fingerprint density at radius 1 is 0.970 bits per heavy atom. The molecule has 8 heteroatoms. The average molecular weight is 447 g/mol. The van der Waals surface area contributed by atoms with E-state index in [4.69, 9.17) is 0 Å². The third-order valence-corrected chi connectivity index (χ3v) is 5.24. The second-order valence-electron chi connectivity index (χ2n) is 7.80. The second-order valence-corrected chi connectivity index (χ2v) is 7.80. The van der Waals surface area contributed by atoms with Gasteiger partial charge in [-0.25, -0.2) is 0 Å². The lowest BCUT2D eigenvalue weighted by Crippen LogP contribution is -2.35. The summed E-state index contributed by atoms with van der Waals surface area (Å²) in [7, 11) is 1.49. The number of amides is 2. The van der Waals surface area contributed by atoms with Gasteiger partial charge in [0.15, 0.2) is 0 Å². The third kappa shape index (κ3) is 5.94. The lowest BCUT2D eigenvalue weighted by Gasteiger charge is -2.18. The number of para-hydroxylation sites is 1. The third-order valence-electron chi connectivity index (χ3n) is 5.24. The zero-order valence-electron chi connectivity index (χ0n) is 18.8. The van der Waals surface area contributed by atoms with Crippen molar-refractivity contribution in [3.8, 4) is 0 Å². The minimum Gasteiger partial charge on any atom is -0.375 e. The van der Waals surface area contributed by atoms with Gasteiger partial charge in [-0.05, 0) is 42.7 Å². The molecule has 33 heavy (non-hydrogen) atoms. The number of likely N-dealkylation sites (N-methyl/N-ethyl adjacent to an activating group) is 1. The summed E-state index contributed by atoms with van der Waals surface area (Å²) in [6.45, 7) is 4.01. The van der Waals surface area contributed by atoms with Crippen LogP contribution in [0.3, 0.4) is 0 Å². The molecule has 8 nitrogen and oxygen atoms in total.